The van der Waals surface area contributed by atoms with E-state index in [1.165, 1.54) is 0 Å². The van der Waals surface area contributed by atoms with E-state index in [0.29, 0.717) is 35.9 Å². The summed E-state index contributed by atoms with van der Waals surface area (Å²) in [6, 6.07) is 5.29. The van der Waals surface area contributed by atoms with Crippen LogP contribution in [0.15, 0.2) is 18.2 Å². The number of amides is 1. The zero-order valence-electron chi connectivity index (χ0n) is 12.8. The van der Waals surface area contributed by atoms with Crippen molar-refractivity contribution in [3.8, 4) is 11.5 Å². The van der Waals surface area contributed by atoms with Crippen LogP contribution in [0.1, 0.15) is 31.4 Å². The minimum absolute atomic E-state index is 0.119. The van der Waals surface area contributed by atoms with Crippen LogP contribution in [0.2, 0.25) is 0 Å². The number of hydrogen-bond acceptors (Lipinski definition) is 4. The molecule has 1 aliphatic heterocycles. The Morgan fingerprint density at radius 3 is 2.71 bits per heavy atom. The number of aliphatic hydroxyl groups excluding tert-OH is 1. The zero-order valence-corrected chi connectivity index (χ0v) is 12.8. The van der Waals surface area contributed by atoms with Crippen molar-refractivity contribution in [1.29, 1.82) is 0 Å². The second-order valence-corrected chi connectivity index (χ2v) is 5.40. The van der Waals surface area contributed by atoms with Crippen LogP contribution in [-0.2, 0) is 4.79 Å². The second-order valence-electron chi connectivity index (χ2n) is 5.40. The van der Waals surface area contributed by atoms with Gasteiger partial charge in [-0.2, -0.15) is 0 Å². The van der Waals surface area contributed by atoms with Gasteiger partial charge < -0.3 is 19.5 Å². The summed E-state index contributed by atoms with van der Waals surface area (Å²) >= 11 is 0. The van der Waals surface area contributed by atoms with Gasteiger partial charge >= 0.3 is 0 Å². The van der Waals surface area contributed by atoms with Crippen LogP contribution in [0.3, 0.4) is 0 Å². The third-order valence-corrected chi connectivity index (χ3v) is 4.06. The number of carbonyl (C=O) groups is 1. The van der Waals surface area contributed by atoms with Gasteiger partial charge in [-0.05, 0) is 18.1 Å². The third kappa shape index (κ3) is 3.47. The minimum Gasteiger partial charge on any atom is -0.497 e. The van der Waals surface area contributed by atoms with Crippen molar-refractivity contribution in [2.24, 2.45) is 5.92 Å². The van der Waals surface area contributed by atoms with Crippen molar-refractivity contribution in [2.75, 3.05) is 27.3 Å². The number of hydrogen-bond donors (Lipinski definition) is 1. The Hall–Kier alpha value is -1.75. The number of carbonyl (C=O) groups excluding carboxylic acids is 1. The standard InChI is InChI=1S/C16H23NO4/c1-4-11-7-16(19)17(9-11)10-14(18)13-6-5-12(20-2)8-15(13)21-3/h5-6,8,11,14,18H,4,7,9-10H2,1-3H3. The smallest absolute Gasteiger partial charge is 0.223 e. The van der Waals surface area contributed by atoms with E-state index >= 15 is 0 Å². The van der Waals surface area contributed by atoms with Gasteiger partial charge in [-0.25, -0.2) is 0 Å². The lowest BCUT2D eigenvalue weighted by Crippen LogP contribution is -2.30. The molecule has 1 fully saturated rings. The van der Waals surface area contributed by atoms with Gasteiger partial charge in [-0.15, -0.1) is 0 Å². The van der Waals surface area contributed by atoms with E-state index < -0.39 is 6.10 Å². The Labute approximate surface area is 125 Å². The highest BCUT2D eigenvalue weighted by atomic mass is 16.5. The monoisotopic (exact) mass is 293 g/mol. The number of β-amino-alcohol motifs (C(OH)–C–C–N with tert-alkyl or cyclic N) is 1. The molecule has 0 saturated carbocycles. The molecule has 0 aromatic heterocycles. The number of ether oxygens (including phenoxy) is 2. The molecule has 5 heteroatoms. The summed E-state index contributed by atoms with van der Waals surface area (Å²) in [6.07, 6.45) is 0.818. The molecule has 2 unspecified atom stereocenters. The molecule has 1 heterocycles. The average Bonchev–Trinajstić information content (AvgIpc) is 2.86. The normalized spacial score (nSPS) is 19.7. The van der Waals surface area contributed by atoms with Crippen LogP contribution in [0.25, 0.3) is 0 Å². The van der Waals surface area contributed by atoms with Gasteiger partial charge in [-0.1, -0.05) is 13.3 Å². The van der Waals surface area contributed by atoms with Gasteiger partial charge in [0.2, 0.25) is 5.91 Å². The minimum atomic E-state index is -0.759. The summed E-state index contributed by atoms with van der Waals surface area (Å²) in [7, 11) is 3.14. The SMILES string of the molecule is CCC1CC(=O)N(CC(O)c2ccc(OC)cc2OC)C1. The first-order chi connectivity index (χ1) is 10.1. The van der Waals surface area contributed by atoms with Crippen molar-refractivity contribution in [3.63, 3.8) is 0 Å². The van der Waals surface area contributed by atoms with Crippen LogP contribution in [-0.4, -0.2) is 43.2 Å². The van der Waals surface area contributed by atoms with Gasteiger partial charge in [0.25, 0.3) is 0 Å². The van der Waals surface area contributed by atoms with Crippen molar-refractivity contribution in [1.82, 2.24) is 4.90 Å². The average molecular weight is 293 g/mol. The number of aliphatic hydroxyl groups is 1. The number of nitrogens with zero attached hydrogens (tertiary/aromatic N) is 1. The van der Waals surface area contributed by atoms with E-state index in [9.17, 15) is 9.90 Å². The third-order valence-electron chi connectivity index (χ3n) is 4.06. The Balaban J connectivity index is 2.10. The Morgan fingerprint density at radius 1 is 1.38 bits per heavy atom. The van der Waals surface area contributed by atoms with Gasteiger partial charge in [0, 0.05) is 24.6 Å². The maximum absolute atomic E-state index is 11.9. The summed E-state index contributed by atoms with van der Waals surface area (Å²) in [6.45, 7) is 3.12. The molecule has 2 atom stereocenters. The van der Waals surface area contributed by atoms with Crippen molar-refractivity contribution >= 4 is 5.91 Å². The lowest BCUT2D eigenvalue weighted by atomic mass is 10.1. The zero-order chi connectivity index (χ0) is 15.4. The molecule has 0 aliphatic carbocycles. The van der Waals surface area contributed by atoms with Crippen LogP contribution < -0.4 is 9.47 Å². The number of rotatable bonds is 6. The highest BCUT2D eigenvalue weighted by Crippen LogP contribution is 2.31. The van der Waals surface area contributed by atoms with Gasteiger partial charge in [0.05, 0.1) is 20.8 Å². The first kappa shape index (κ1) is 15.6. The molecule has 0 bridgehead atoms. The molecule has 1 saturated heterocycles. The molecule has 2 rings (SSSR count). The molecule has 0 spiro atoms. The van der Waals surface area contributed by atoms with Crippen molar-refractivity contribution in [2.45, 2.75) is 25.9 Å². The molecule has 116 valence electrons. The largest absolute Gasteiger partial charge is 0.497 e. The lowest BCUT2D eigenvalue weighted by Gasteiger charge is -2.22. The van der Waals surface area contributed by atoms with E-state index in [0.717, 1.165) is 13.0 Å². The number of methoxy groups -OCH3 is 2. The highest BCUT2D eigenvalue weighted by Gasteiger charge is 2.30. The number of likely N-dealkylation sites (tertiary alicyclic amines) is 1. The molecular weight excluding hydrogens is 270 g/mol. The molecule has 1 aromatic carbocycles. The summed E-state index contributed by atoms with van der Waals surface area (Å²) in [5.74, 6) is 1.77. The second kappa shape index (κ2) is 6.80. The highest BCUT2D eigenvalue weighted by molar-refractivity contribution is 5.78. The fraction of sp³-hybridized carbons (Fsp3) is 0.562. The van der Waals surface area contributed by atoms with Gasteiger partial charge in [-0.3, -0.25) is 4.79 Å². The van der Waals surface area contributed by atoms with Gasteiger partial charge in [0.15, 0.2) is 0 Å². The summed E-state index contributed by atoms with van der Waals surface area (Å²) in [5.41, 5.74) is 0.672. The summed E-state index contributed by atoms with van der Waals surface area (Å²) in [5, 5.41) is 10.4. The first-order valence-electron chi connectivity index (χ1n) is 7.26. The quantitative estimate of drug-likeness (QED) is 0.871. The Bertz CT molecular complexity index is 503. The molecule has 1 N–H and O–H groups in total. The van der Waals surface area contributed by atoms with Crippen LogP contribution in [0.5, 0.6) is 11.5 Å². The molecule has 0 radical (unpaired) electrons. The molecule has 1 aromatic rings. The summed E-state index contributed by atoms with van der Waals surface area (Å²) < 4.78 is 10.4. The van der Waals surface area contributed by atoms with Crippen LogP contribution in [0, 0.1) is 5.92 Å². The fourth-order valence-electron chi connectivity index (χ4n) is 2.70. The fourth-order valence-corrected chi connectivity index (χ4v) is 2.70. The predicted octanol–water partition coefficient (Wildman–Crippen LogP) is 2.00. The molecule has 21 heavy (non-hydrogen) atoms. The first-order valence-corrected chi connectivity index (χ1v) is 7.26. The maximum atomic E-state index is 11.9. The Kier molecular flexibility index (Phi) is 5.07. The molecule has 1 aliphatic rings. The molecule has 5 nitrogen and oxygen atoms in total. The van der Waals surface area contributed by atoms with Crippen LogP contribution >= 0.6 is 0 Å². The van der Waals surface area contributed by atoms with E-state index in [1.54, 1.807) is 37.3 Å². The van der Waals surface area contributed by atoms with Crippen LogP contribution in [0.4, 0.5) is 0 Å². The number of benzene rings is 1. The van der Waals surface area contributed by atoms with Crippen molar-refractivity contribution < 1.29 is 19.4 Å². The topological polar surface area (TPSA) is 59.0 Å². The van der Waals surface area contributed by atoms with E-state index in [1.807, 2.05) is 0 Å². The Morgan fingerprint density at radius 2 is 2.14 bits per heavy atom. The van der Waals surface area contributed by atoms with E-state index in [4.69, 9.17) is 9.47 Å². The predicted molar refractivity (Wildman–Crippen MR) is 79.5 cm³/mol. The molecular formula is C16H23NO4. The maximum Gasteiger partial charge on any atom is 0.223 e. The van der Waals surface area contributed by atoms with E-state index in [2.05, 4.69) is 6.92 Å². The van der Waals surface area contributed by atoms with Crippen molar-refractivity contribution in [3.05, 3.63) is 23.8 Å². The lowest BCUT2D eigenvalue weighted by molar-refractivity contribution is -0.129. The molecule has 1 amide bonds. The van der Waals surface area contributed by atoms with E-state index in [-0.39, 0.29) is 5.91 Å². The van der Waals surface area contributed by atoms with Gasteiger partial charge in [0.1, 0.15) is 17.6 Å². The summed E-state index contributed by atoms with van der Waals surface area (Å²) in [4.78, 5) is 13.7.